The Bertz CT molecular complexity index is 523. The minimum Gasteiger partial charge on any atom is -0.493 e. The zero-order valence-corrected chi connectivity index (χ0v) is 14.7. The number of benzene rings is 1. The molecule has 2 rings (SSSR count). The van der Waals surface area contributed by atoms with Crippen LogP contribution in [0.3, 0.4) is 0 Å². The Morgan fingerprint density at radius 1 is 1.30 bits per heavy atom. The van der Waals surface area contributed by atoms with Crippen LogP contribution in [-0.2, 0) is 6.54 Å². The number of aliphatic imine (C=N–C) groups is 1. The van der Waals surface area contributed by atoms with Crippen molar-refractivity contribution < 1.29 is 9.47 Å². The summed E-state index contributed by atoms with van der Waals surface area (Å²) in [5.74, 6) is 2.44. The molecule has 1 aliphatic rings. The molecule has 0 unspecified atom stereocenters. The maximum Gasteiger partial charge on any atom is 0.191 e. The lowest BCUT2D eigenvalue weighted by atomic mass is 10.1. The first-order valence-corrected chi connectivity index (χ1v) is 8.43. The molecule has 0 aliphatic heterocycles. The highest BCUT2D eigenvalue weighted by Gasteiger charge is 2.20. The highest BCUT2D eigenvalue weighted by atomic mass is 16.5. The Morgan fingerprint density at radius 2 is 2.04 bits per heavy atom. The molecular formula is C18H29N3O2. The van der Waals surface area contributed by atoms with Gasteiger partial charge < -0.3 is 20.1 Å². The Kier molecular flexibility index (Phi) is 6.56. The topological polar surface area (TPSA) is 54.9 Å². The third-order valence-electron chi connectivity index (χ3n) is 3.96. The first kappa shape index (κ1) is 17.4. The Balaban J connectivity index is 2.10. The number of hydrogen-bond donors (Lipinski definition) is 2. The molecule has 0 amide bonds. The van der Waals surface area contributed by atoms with Gasteiger partial charge in [0.2, 0.25) is 0 Å². The summed E-state index contributed by atoms with van der Waals surface area (Å²) in [5, 5.41) is 6.62. The van der Waals surface area contributed by atoms with Gasteiger partial charge in [0.1, 0.15) is 0 Å². The fraction of sp³-hybridized carbons (Fsp3) is 0.611. The van der Waals surface area contributed by atoms with Crippen LogP contribution >= 0.6 is 0 Å². The average Bonchev–Trinajstić information content (AvgIpc) is 3.05. The summed E-state index contributed by atoms with van der Waals surface area (Å²) in [6.07, 6.45) is 5.05. The van der Waals surface area contributed by atoms with Crippen LogP contribution in [-0.4, -0.2) is 32.3 Å². The van der Waals surface area contributed by atoms with Gasteiger partial charge in [0, 0.05) is 25.2 Å². The van der Waals surface area contributed by atoms with Crippen LogP contribution in [0, 0.1) is 0 Å². The van der Waals surface area contributed by atoms with E-state index in [0.29, 0.717) is 18.7 Å². The highest BCUT2D eigenvalue weighted by Crippen LogP contribution is 2.34. The molecule has 1 saturated carbocycles. The Labute approximate surface area is 139 Å². The van der Waals surface area contributed by atoms with Gasteiger partial charge in [-0.15, -0.1) is 0 Å². The fourth-order valence-electron chi connectivity index (χ4n) is 2.81. The molecule has 0 saturated heterocycles. The highest BCUT2D eigenvalue weighted by molar-refractivity contribution is 5.79. The van der Waals surface area contributed by atoms with Gasteiger partial charge in [-0.05, 0) is 45.6 Å². The minimum absolute atomic E-state index is 0.304. The zero-order valence-electron chi connectivity index (χ0n) is 14.7. The van der Waals surface area contributed by atoms with Crippen LogP contribution in [0.15, 0.2) is 23.2 Å². The molecule has 128 valence electrons. The second kappa shape index (κ2) is 8.65. The predicted molar refractivity (Wildman–Crippen MR) is 94.3 cm³/mol. The van der Waals surface area contributed by atoms with E-state index in [0.717, 1.165) is 35.9 Å². The zero-order chi connectivity index (χ0) is 16.7. The van der Waals surface area contributed by atoms with Crippen molar-refractivity contribution in [2.75, 3.05) is 14.2 Å². The number of para-hydroxylation sites is 1. The second-order valence-electron chi connectivity index (χ2n) is 6.20. The summed E-state index contributed by atoms with van der Waals surface area (Å²) in [6.45, 7) is 4.83. The number of guanidine groups is 1. The Hall–Kier alpha value is -1.91. The summed E-state index contributed by atoms with van der Waals surface area (Å²) in [5.41, 5.74) is 1.09. The summed E-state index contributed by atoms with van der Waals surface area (Å²) >= 11 is 0. The van der Waals surface area contributed by atoms with Gasteiger partial charge in [0.15, 0.2) is 17.5 Å². The third-order valence-corrected chi connectivity index (χ3v) is 3.96. The molecule has 0 spiro atoms. The van der Waals surface area contributed by atoms with Crippen molar-refractivity contribution >= 4 is 5.96 Å². The van der Waals surface area contributed by atoms with Crippen LogP contribution in [0.1, 0.15) is 45.1 Å². The predicted octanol–water partition coefficient (Wildman–Crippen LogP) is 3.09. The van der Waals surface area contributed by atoms with Crippen molar-refractivity contribution in [2.24, 2.45) is 4.99 Å². The van der Waals surface area contributed by atoms with Crippen molar-refractivity contribution in [3.63, 3.8) is 0 Å². The van der Waals surface area contributed by atoms with E-state index >= 15 is 0 Å². The first-order chi connectivity index (χ1) is 11.1. The van der Waals surface area contributed by atoms with Crippen LogP contribution in [0.2, 0.25) is 0 Å². The number of hydrogen-bond acceptors (Lipinski definition) is 3. The molecule has 0 aromatic heterocycles. The van der Waals surface area contributed by atoms with Crippen LogP contribution in [0.25, 0.3) is 0 Å². The molecule has 1 aromatic carbocycles. The Morgan fingerprint density at radius 3 is 2.65 bits per heavy atom. The molecule has 0 atom stereocenters. The quantitative estimate of drug-likeness (QED) is 0.625. The molecule has 1 aromatic rings. The summed E-state index contributed by atoms with van der Waals surface area (Å²) in [7, 11) is 3.46. The standard InChI is InChI=1S/C18H29N3O2/c1-13(2)21-18(19-3)20-12-14-8-7-11-16(22-4)17(14)23-15-9-5-6-10-15/h7-8,11,13,15H,5-6,9-10,12H2,1-4H3,(H2,19,20,21). The molecule has 0 radical (unpaired) electrons. The van der Waals surface area contributed by atoms with Gasteiger partial charge in [0.05, 0.1) is 13.2 Å². The van der Waals surface area contributed by atoms with E-state index in [4.69, 9.17) is 9.47 Å². The maximum atomic E-state index is 6.25. The lowest BCUT2D eigenvalue weighted by Gasteiger charge is -2.20. The molecule has 2 N–H and O–H groups in total. The smallest absolute Gasteiger partial charge is 0.191 e. The molecule has 1 fully saturated rings. The van der Waals surface area contributed by atoms with E-state index in [1.54, 1.807) is 14.2 Å². The summed E-state index contributed by atoms with van der Waals surface area (Å²) < 4.78 is 11.7. The summed E-state index contributed by atoms with van der Waals surface area (Å²) in [6, 6.07) is 6.36. The van der Waals surface area contributed by atoms with Crippen molar-refractivity contribution in [1.82, 2.24) is 10.6 Å². The average molecular weight is 319 g/mol. The molecule has 5 heteroatoms. The first-order valence-electron chi connectivity index (χ1n) is 8.43. The molecule has 5 nitrogen and oxygen atoms in total. The van der Waals surface area contributed by atoms with Gasteiger partial charge in [-0.3, -0.25) is 4.99 Å². The van der Waals surface area contributed by atoms with E-state index in [2.05, 4.69) is 35.5 Å². The van der Waals surface area contributed by atoms with Gasteiger partial charge in [-0.1, -0.05) is 12.1 Å². The minimum atomic E-state index is 0.304. The lowest BCUT2D eigenvalue weighted by Crippen LogP contribution is -2.40. The lowest BCUT2D eigenvalue weighted by molar-refractivity contribution is 0.198. The molecular weight excluding hydrogens is 290 g/mol. The SMILES string of the molecule is CN=C(NCc1cccc(OC)c1OC1CCCC1)NC(C)C. The third kappa shape index (κ3) is 5.05. The maximum absolute atomic E-state index is 6.25. The number of nitrogens with one attached hydrogen (secondary N) is 2. The van der Waals surface area contributed by atoms with Crippen molar-refractivity contribution in [1.29, 1.82) is 0 Å². The normalized spacial score (nSPS) is 15.8. The van der Waals surface area contributed by atoms with E-state index in [1.807, 2.05) is 12.1 Å². The van der Waals surface area contributed by atoms with Crippen molar-refractivity contribution in [3.05, 3.63) is 23.8 Å². The van der Waals surface area contributed by atoms with Crippen molar-refractivity contribution in [2.45, 2.75) is 58.2 Å². The number of methoxy groups -OCH3 is 1. The molecule has 0 bridgehead atoms. The molecule has 23 heavy (non-hydrogen) atoms. The monoisotopic (exact) mass is 319 g/mol. The number of nitrogens with zero attached hydrogens (tertiary/aromatic N) is 1. The molecule has 1 aliphatic carbocycles. The van der Waals surface area contributed by atoms with Crippen molar-refractivity contribution in [3.8, 4) is 11.5 Å². The van der Waals surface area contributed by atoms with Gasteiger partial charge in [-0.25, -0.2) is 0 Å². The number of rotatable bonds is 6. The van der Waals surface area contributed by atoms with Crippen LogP contribution in [0.4, 0.5) is 0 Å². The molecule has 0 heterocycles. The fourth-order valence-corrected chi connectivity index (χ4v) is 2.81. The van der Waals surface area contributed by atoms with E-state index in [-0.39, 0.29) is 0 Å². The van der Waals surface area contributed by atoms with Crippen LogP contribution < -0.4 is 20.1 Å². The van der Waals surface area contributed by atoms with E-state index in [1.165, 1.54) is 12.8 Å². The second-order valence-corrected chi connectivity index (χ2v) is 6.20. The van der Waals surface area contributed by atoms with Gasteiger partial charge in [-0.2, -0.15) is 0 Å². The van der Waals surface area contributed by atoms with E-state index < -0.39 is 0 Å². The van der Waals surface area contributed by atoms with Crippen LogP contribution in [0.5, 0.6) is 11.5 Å². The number of ether oxygens (including phenoxy) is 2. The summed E-state index contributed by atoms with van der Waals surface area (Å²) in [4.78, 5) is 4.24. The van der Waals surface area contributed by atoms with E-state index in [9.17, 15) is 0 Å². The van der Waals surface area contributed by atoms with Gasteiger partial charge >= 0.3 is 0 Å². The van der Waals surface area contributed by atoms with Gasteiger partial charge in [0.25, 0.3) is 0 Å². The largest absolute Gasteiger partial charge is 0.493 e.